The highest BCUT2D eigenvalue weighted by Crippen LogP contribution is 2.22. The van der Waals surface area contributed by atoms with Crippen LogP contribution in [0.15, 0.2) is 22.7 Å². The molecule has 0 fully saturated rings. The first-order valence-electron chi connectivity index (χ1n) is 6.82. The molecular weight excluding hydrogens is 322 g/mol. The third-order valence-corrected chi connectivity index (χ3v) is 3.52. The average molecular weight is 342 g/mol. The van der Waals surface area contributed by atoms with Crippen LogP contribution in [0.5, 0.6) is 0 Å². The zero-order valence-corrected chi connectivity index (χ0v) is 13.4. The Morgan fingerprint density at radius 3 is 2.30 bits per heavy atom. The zero-order valence-electron chi connectivity index (χ0n) is 11.8. The lowest BCUT2D eigenvalue weighted by Gasteiger charge is -2.15. The minimum absolute atomic E-state index is 0.0164. The fraction of sp³-hybridized carbons (Fsp3) is 0.467. The van der Waals surface area contributed by atoms with E-state index in [1.54, 1.807) is 6.07 Å². The summed E-state index contributed by atoms with van der Waals surface area (Å²) in [5.74, 6) is -1.07. The summed E-state index contributed by atoms with van der Waals surface area (Å²) < 4.78 is 0.634. The first-order chi connectivity index (χ1) is 9.47. The molecule has 4 nitrogen and oxygen atoms in total. The summed E-state index contributed by atoms with van der Waals surface area (Å²) in [5.41, 5.74) is 0.663. The maximum absolute atomic E-state index is 12.2. The Hall–Kier alpha value is -1.36. The molecule has 0 bridgehead atoms. The van der Waals surface area contributed by atoms with Crippen LogP contribution < -0.4 is 5.32 Å². The van der Waals surface area contributed by atoms with Gasteiger partial charge < -0.3 is 10.4 Å². The number of amides is 1. The smallest absolute Gasteiger partial charge is 0.335 e. The fourth-order valence-corrected chi connectivity index (χ4v) is 2.63. The number of carboxylic acid groups (broad SMARTS) is 1. The molecule has 2 N–H and O–H groups in total. The van der Waals surface area contributed by atoms with Gasteiger partial charge in [-0.3, -0.25) is 4.79 Å². The molecule has 0 aliphatic carbocycles. The lowest BCUT2D eigenvalue weighted by Crippen LogP contribution is -2.22. The Kier molecular flexibility index (Phi) is 6.71. The molecule has 1 aromatic rings. The Morgan fingerprint density at radius 1 is 1.20 bits per heavy atom. The van der Waals surface area contributed by atoms with E-state index < -0.39 is 5.97 Å². The van der Waals surface area contributed by atoms with E-state index in [1.165, 1.54) is 12.1 Å². The van der Waals surface area contributed by atoms with E-state index in [0.717, 1.165) is 25.7 Å². The highest BCUT2D eigenvalue weighted by Gasteiger charge is 2.17. The first-order valence-corrected chi connectivity index (χ1v) is 7.62. The third kappa shape index (κ3) is 4.96. The van der Waals surface area contributed by atoms with E-state index in [9.17, 15) is 9.59 Å². The van der Waals surface area contributed by atoms with Gasteiger partial charge in [-0.2, -0.15) is 0 Å². The van der Waals surface area contributed by atoms with E-state index in [2.05, 4.69) is 35.1 Å². The van der Waals surface area contributed by atoms with E-state index in [0.29, 0.717) is 10.2 Å². The van der Waals surface area contributed by atoms with Gasteiger partial charge in [-0.05, 0) is 31.0 Å². The van der Waals surface area contributed by atoms with Crippen LogP contribution in [0.2, 0.25) is 0 Å². The molecule has 1 amide bonds. The normalized spacial score (nSPS) is 10.6. The number of rotatable bonds is 7. The molecule has 0 aliphatic rings. The molecule has 0 aliphatic heterocycles. The predicted octanol–water partition coefficient (Wildman–Crippen LogP) is 4.30. The molecule has 110 valence electrons. The first kappa shape index (κ1) is 16.7. The molecule has 0 spiro atoms. The van der Waals surface area contributed by atoms with Gasteiger partial charge in [0.05, 0.1) is 5.56 Å². The number of carbonyl (C=O) groups excluding carboxylic acids is 1. The van der Waals surface area contributed by atoms with Crippen molar-refractivity contribution in [2.24, 2.45) is 5.92 Å². The second kappa shape index (κ2) is 8.04. The lowest BCUT2D eigenvalue weighted by atomic mass is 9.97. The molecule has 1 aromatic carbocycles. The number of carbonyl (C=O) groups is 2. The maximum atomic E-state index is 12.2. The quantitative estimate of drug-likeness (QED) is 0.776. The molecule has 20 heavy (non-hydrogen) atoms. The Labute approximate surface area is 127 Å². The van der Waals surface area contributed by atoms with Crippen LogP contribution >= 0.6 is 15.9 Å². The van der Waals surface area contributed by atoms with Gasteiger partial charge in [0.2, 0.25) is 5.91 Å². The van der Waals surface area contributed by atoms with Gasteiger partial charge in [-0.15, -0.1) is 0 Å². The van der Waals surface area contributed by atoms with Gasteiger partial charge in [0, 0.05) is 16.1 Å². The SMILES string of the molecule is CCCC(CCC)C(=O)Nc1cc(Br)cc(C(=O)O)c1. The van der Waals surface area contributed by atoms with Crippen molar-refractivity contribution in [2.75, 3.05) is 5.32 Å². The second-order valence-electron chi connectivity index (χ2n) is 4.80. The summed E-state index contributed by atoms with van der Waals surface area (Å²) in [6, 6.07) is 4.69. The van der Waals surface area contributed by atoms with Crippen LogP contribution in [0.1, 0.15) is 49.9 Å². The number of hydrogen-bond acceptors (Lipinski definition) is 2. The van der Waals surface area contributed by atoms with Crippen molar-refractivity contribution < 1.29 is 14.7 Å². The number of carboxylic acids is 1. The monoisotopic (exact) mass is 341 g/mol. The maximum Gasteiger partial charge on any atom is 0.335 e. The fourth-order valence-electron chi connectivity index (χ4n) is 2.13. The van der Waals surface area contributed by atoms with Crippen molar-refractivity contribution >= 4 is 33.5 Å². The van der Waals surface area contributed by atoms with Gasteiger partial charge >= 0.3 is 5.97 Å². The number of nitrogens with one attached hydrogen (secondary N) is 1. The van der Waals surface area contributed by atoms with Crippen molar-refractivity contribution in [2.45, 2.75) is 39.5 Å². The predicted molar refractivity (Wildman–Crippen MR) is 83.0 cm³/mol. The van der Waals surface area contributed by atoms with Gasteiger partial charge in [0.1, 0.15) is 0 Å². The molecule has 0 heterocycles. The molecule has 5 heteroatoms. The highest BCUT2D eigenvalue weighted by atomic mass is 79.9. The third-order valence-electron chi connectivity index (χ3n) is 3.06. The largest absolute Gasteiger partial charge is 0.478 e. The minimum Gasteiger partial charge on any atom is -0.478 e. The van der Waals surface area contributed by atoms with Crippen LogP contribution in [0.25, 0.3) is 0 Å². The lowest BCUT2D eigenvalue weighted by molar-refractivity contribution is -0.120. The molecule has 1 rings (SSSR count). The molecule has 0 saturated carbocycles. The van der Waals surface area contributed by atoms with E-state index in [-0.39, 0.29) is 17.4 Å². The molecule has 0 radical (unpaired) electrons. The number of halogens is 1. The standard InChI is InChI=1S/C15H20BrNO3/c1-3-5-10(6-4-2)14(18)17-13-8-11(15(19)20)7-12(16)9-13/h7-10H,3-6H2,1-2H3,(H,17,18)(H,19,20). The number of aromatic carboxylic acids is 1. The van der Waals surface area contributed by atoms with Crippen molar-refractivity contribution in [3.8, 4) is 0 Å². The van der Waals surface area contributed by atoms with E-state index in [4.69, 9.17) is 5.11 Å². The zero-order chi connectivity index (χ0) is 15.1. The van der Waals surface area contributed by atoms with Crippen molar-refractivity contribution in [1.82, 2.24) is 0 Å². The average Bonchev–Trinajstić information content (AvgIpc) is 2.37. The summed E-state index contributed by atoms with van der Waals surface area (Å²) in [6.07, 6.45) is 3.60. The van der Waals surface area contributed by atoms with Gasteiger partial charge in [0.15, 0.2) is 0 Å². The second-order valence-corrected chi connectivity index (χ2v) is 5.71. The van der Waals surface area contributed by atoms with Crippen LogP contribution in [0.3, 0.4) is 0 Å². The Morgan fingerprint density at radius 2 is 1.80 bits per heavy atom. The molecule has 0 aromatic heterocycles. The minimum atomic E-state index is -1.01. The number of benzene rings is 1. The summed E-state index contributed by atoms with van der Waals surface area (Å²) in [5, 5.41) is 11.8. The van der Waals surface area contributed by atoms with Gasteiger partial charge in [0.25, 0.3) is 0 Å². The van der Waals surface area contributed by atoms with Crippen LogP contribution in [0.4, 0.5) is 5.69 Å². The summed E-state index contributed by atoms with van der Waals surface area (Å²) in [7, 11) is 0. The molecular formula is C15H20BrNO3. The van der Waals surface area contributed by atoms with Crippen LogP contribution in [-0.2, 0) is 4.79 Å². The summed E-state index contributed by atoms with van der Waals surface area (Å²) in [4.78, 5) is 23.2. The Bertz CT molecular complexity index is 482. The molecule has 0 unspecified atom stereocenters. The highest BCUT2D eigenvalue weighted by molar-refractivity contribution is 9.10. The van der Waals surface area contributed by atoms with E-state index >= 15 is 0 Å². The summed E-state index contributed by atoms with van der Waals surface area (Å²) >= 11 is 3.26. The molecule has 0 atom stereocenters. The van der Waals surface area contributed by atoms with Crippen LogP contribution in [-0.4, -0.2) is 17.0 Å². The molecule has 0 saturated heterocycles. The summed E-state index contributed by atoms with van der Waals surface area (Å²) in [6.45, 7) is 4.11. The van der Waals surface area contributed by atoms with Crippen LogP contribution in [0, 0.1) is 5.92 Å². The Balaban J connectivity index is 2.85. The number of anilines is 1. The van der Waals surface area contributed by atoms with E-state index in [1.807, 2.05) is 0 Å². The van der Waals surface area contributed by atoms with Crippen molar-refractivity contribution in [3.05, 3.63) is 28.2 Å². The van der Waals surface area contributed by atoms with Crippen molar-refractivity contribution in [1.29, 1.82) is 0 Å². The van der Waals surface area contributed by atoms with Crippen molar-refractivity contribution in [3.63, 3.8) is 0 Å². The van der Waals surface area contributed by atoms with Gasteiger partial charge in [-0.1, -0.05) is 42.6 Å². The topological polar surface area (TPSA) is 66.4 Å². The van der Waals surface area contributed by atoms with Gasteiger partial charge in [-0.25, -0.2) is 4.79 Å². The number of hydrogen-bond donors (Lipinski definition) is 2.